The van der Waals surface area contributed by atoms with Crippen LogP contribution < -0.4 is 5.32 Å². The molecule has 2 rings (SSSR count). The van der Waals surface area contributed by atoms with Gasteiger partial charge >= 0.3 is 0 Å². The molecular weight excluding hydrogens is 250 g/mol. The van der Waals surface area contributed by atoms with Gasteiger partial charge in [0.15, 0.2) is 0 Å². The van der Waals surface area contributed by atoms with Crippen molar-refractivity contribution >= 4 is 5.91 Å². The van der Waals surface area contributed by atoms with Gasteiger partial charge in [-0.2, -0.15) is 0 Å². The Kier molecular flexibility index (Phi) is 4.28. The fourth-order valence-electron chi connectivity index (χ4n) is 1.97. The summed E-state index contributed by atoms with van der Waals surface area (Å²) in [6.45, 7) is 6.97. The highest BCUT2D eigenvalue weighted by atomic mass is 16.3. The Morgan fingerprint density at radius 3 is 2.40 bits per heavy atom. The van der Waals surface area contributed by atoms with Crippen LogP contribution in [0.4, 0.5) is 0 Å². The summed E-state index contributed by atoms with van der Waals surface area (Å²) >= 11 is 0. The first-order chi connectivity index (χ1) is 9.45. The number of benzene rings is 1. The second-order valence-electron chi connectivity index (χ2n) is 5.98. The lowest BCUT2D eigenvalue weighted by Gasteiger charge is -2.19. The molecule has 0 unspecified atom stereocenters. The molecule has 1 aromatic heterocycles. The van der Waals surface area contributed by atoms with Gasteiger partial charge in [-0.25, -0.2) is 0 Å². The molecule has 0 aliphatic heterocycles. The van der Waals surface area contributed by atoms with Crippen LogP contribution in [0, 0.1) is 0 Å². The van der Waals surface area contributed by atoms with Crippen molar-refractivity contribution in [3.8, 4) is 0 Å². The molecule has 0 saturated heterocycles. The van der Waals surface area contributed by atoms with E-state index in [4.69, 9.17) is 4.42 Å². The van der Waals surface area contributed by atoms with Crippen molar-refractivity contribution in [3.05, 3.63) is 59.5 Å². The highest BCUT2D eigenvalue weighted by molar-refractivity contribution is 5.78. The summed E-state index contributed by atoms with van der Waals surface area (Å²) in [7, 11) is 0. The average Bonchev–Trinajstić information content (AvgIpc) is 2.89. The Labute approximate surface area is 120 Å². The van der Waals surface area contributed by atoms with Crippen LogP contribution in [0.3, 0.4) is 0 Å². The van der Waals surface area contributed by atoms with Gasteiger partial charge < -0.3 is 9.73 Å². The average molecular weight is 271 g/mol. The summed E-state index contributed by atoms with van der Waals surface area (Å²) in [6, 6.07) is 11.9. The van der Waals surface area contributed by atoms with E-state index in [0.29, 0.717) is 13.0 Å². The maximum atomic E-state index is 11.8. The molecule has 3 nitrogen and oxygen atoms in total. The van der Waals surface area contributed by atoms with Gasteiger partial charge in [-0.15, -0.1) is 0 Å². The molecule has 106 valence electrons. The molecule has 0 aliphatic carbocycles. The first-order valence-electron chi connectivity index (χ1n) is 6.83. The molecule has 0 atom stereocenters. The fraction of sp³-hybridized carbons (Fsp3) is 0.353. The number of carbonyl (C=O) groups excluding carboxylic acids is 1. The van der Waals surface area contributed by atoms with Crippen molar-refractivity contribution in [1.29, 1.82) is 0 Å². The lowest BCUT2D eigenvalue weighted by atomic mass is 9.86. The van der Waals surface area contributed by atoms with Crippen LogP contribution in [-0.4, -0.2) is 5.91 Å². The first-order valence-corrected chi connectivity index (χ1v) is 6.83. The molecule has 1 heterocycles. The van der Waals surface area contributed by atoms with Crippen molar-refractivity contribution in [3.63, 3.8) is 0 Å². The van der Waals surface area contributed by atoms with E-state index < -0.39 is 0 Å². The van der Waals surface area contributed by atoms with Gasteiger partial charge in [0.05, 0.1) is 19.2 Å². The number of carbonyl (C=O) groups is 1. The minimum absolute atomic E-state index is 0.00455. The van der Waals surface area contributed by atoms with E-state index in [9.17, 15) is 4.79 Å². The molecule has 2 aromatic rings. The van der Waals surface area contributed by atoms with Crippen LogP contribution in [0.15, 0.2) is 47.1 Å². The Balaban J connectivity index is 1.88. The molecule has 1 amide bonds. The Bertz CT molecular complexity index is 548. The molecule has 0 radical (unpaired) electrons. The largest absolute Gasteiger partial charge is 0.467 e. The minimum atomic E-state index is 0.00455. The highest BCUT2D eigenvalue weighted by Gasteiger charge is 2.13. The lowest BCUT2D eigenvalue weighted by molar-refractivity contribution is -0.120. The maximum absolute atomic E-state index is 11.8. The van der Waals surface area contributed by atoms with E-state index in [1.807, 2.05) is 24.3 Å². The van der Waals surface area contributed by atoms with E-state index in [2.05, 4.69) is 38.2 Å². The fourth-order valence-corrected chi connectivity index (χ4v) is 1.97. The van der Waals surface area contributed by atoms with Gasteiger partial charge in [-0.1, -0.05) is 45.0 Å². The number of hydrogen-bond donors (Lipinski definition) is 1. The van der Waals surface area contributed by atoms with Crippen molar-refractivity contribution < 1.29 is 9.21 Å². The quantitative estimate of drug-likeness (QED) is 0.925. The molecule has 0 saturated carbocycles. The molecule has 1 aromatic carbocycles. The van der Waals surface area contributed by atoms with Crippen LogP contribution >= 0.6 is 0 Å². The van der Waals surface area contributed by atoms with Gasteiger partial charge in [0, 0.05) is 0 Å². The van der Waals surface area contributed by atoms with Crippen LogP contribution in [0.2, 0.25) is 0 Å². The minimum Gasteiger partial charge on any atom is -0.467 e. The number of amides is 1. The summed E-state index contributed by atoms with van der Waals surface area (Å²) in [5.74, 6) is 0.770. The Hall–Kier alpha value is -2.03. The zero-order valence-electron chi connectivity index (χ0n) is 12.3. The third-order valence-corrected chi connectivity index (χ3v) is 3.22. The normalized spacial score (nSPS) is 11.3. The number of nitrogens with one attached hydrogen (secondary N) is 1. The van der Waals surface area contributed by atoms with Gasteiger partial charge in [-0.3, -0.25) is 4.79 Å². The van der Waals surface area contributed by atoms with Crippen LogP contribution in [0.1, 0.15) is 37.7 Å². The first kappa shape index (κ1) is 14.4. The summed E-state index contributed by atoms with van der Waals surface area (Å²) in [5.41, 5.74) is 2.44. The number of hydrogen-bond acceptors (Lipinski definition) is 2. The summed E-state index contributed by atoms with van der Waals surface area (Å²) in [4.78, 5) is 11.8. The van der Waals surface area contributed by atoms with E-state index in [1.165, 1.54) is 5.56 Å². The third kappa shape index (κ3) is 3.98. The van der Waals surface area contributed by atoms with E-state index >= 15 is 0 Å². The topological polar surface area (TPSA) is 42.2 Å². The van der Waals surface area contributed by atoms with Crippen molar-refractivity contribution in [2.45, 2.75) is 39.2 Å². The molecule has 0 fully saturated rings. The van der Waals surface area contributed by atoms with E-state index in [1.54, 1.807) is 6.26 Å². The summed E-state index contributed by atoms with van der Waals surface area (Å²) in [6.07, 6.45) is 2.00. The van der Waals surface area contributed by atoms with Gasteiger partial charge in [0.2, 0.25) is 5.91 Å². The summed E-state index contributed by atoms with van der Waals surface area (Å²) in [5, 5.41) is 2.85. The van der Waals surface area contributed by atoms with Crippen molar-refractivity contribution in [1.82, 2.24) is 5.32 Å². The Morgan fingerprint density at radius 1 is 1.15 bits per heavy atom. The number of furan rings is 1. The molecule has 1 N–H and O–H groups in total. The van der Waals surface area contributed by atoms with E-state index in [0.717, 1.165) is 11.3 Å². The molecule has 3 heteroatoms. The summed E-state index contributed by atoms with van der Waals surface area (Å²) < 4.78 is 5.17. The second kappa shape index (κ2) is 5.95. The van der Waals surface area contributed by atoms with Crippen LogP contribution in [0.25, 0.3) is 0 Å². The van der Waals surface area contributed by atoms with E-state index in [-0.39, 0.29) is 11.3 Å². The van der Waals surface area contributed by atoms with Crippen molar-refractivity contribution in [2.75, 3.05) is 0 Å². The van der Waals surface area contributed by atoms with Gasteiger partial charge in [0.1, 0.15) is 5.76 Å². The number of rotatable bonds is 4. The van der Waals surface area contributed by atoms with Gasteiger partial charge in [0.25, 0.3) is 0 Å². The molecule has 0 spiro atoms. The molecular formula is C17H21NO2. The predicted octanol–water partition coefficient (Wildman–Crippen LogP) is 3.44. The SMILES string of the molecule is CC(C)(C)c1ccc(CC(=O)NCc2ccco2)cc1. The van der Waals surface area contributed by atoms with Gasteiger partial charge in [-0.05, 0) is 28.7 Å². The Morgan fingerprint density at radius 2 is 1.85 bits per heavy atom. The molecule has 20 heavy (non-hydrogen) atoms. The zero-order chi connectivity index (χ0) is 14.6. The van der Waals surface area contributed by atoms with Crippen molar-refractivity contribution in [2.24, 2.45) is 0 Å². The van der Waals surface area contributed by atoms with Crippen LogP contribution in [0.5, 0.6) is 0 Å². The molecule has 0 aliphatic rings. The monoisotopic (exact) mass is 271 g/mol. The van der Waals surface area contributed by atoms with Crippen LogP contribution in [-0.2, 0) is 23.2 Å². The predicted molar refractivity (Wildman–Crippen MR) is 79.4 cm³/mol. The highest BCUT2D eigenvalue weighted by Crippen LogP contribution is 2.22. The smallest absolute Gasteiger partial charge is 0.224 e. The third-order valence-electron chi connectivity index (χ3n) is 3.22. The standard InChI is InChI=1S/C17H21NO2/c1-17(2,3)14-8-6-13(7-9-14)11-16(19)18-12-15-5-4-10-20-15/h4-10H,11-12H2,1-3H3,(H,18,19). The second-order valence-corrected chi connectivity index (χ2v) is 5.98. The zero-order valence-corrected chi connectivity index (χ0v) is 12.3. The lowest BCUT2D eigenvalue weighted by Crippen LogP contribution is -2.24. The molecule has 0 bridgehead atoms. The maximum Gasteiger partial charge on any atom is 0.224 e.